The van der Waals surface area contributed by atoms with Gasteiger partial charge in [-0.3, -0.25) is 10.1 Å². The van der Waals surface area contributed by atoms with E-state index < -0.39 is 22.4 Å². The third-order valence-electron chi connectivity index (χ3n) is 3.48. The molecule has 21 heavy (non-hydrogen) atoms. The molecule has 116 valence electrons. The Balaban J connectivity index is 2.26. The van der Waals surface area contributed by atoms with E-state index in [4.69, 9.17) is 5.11 Å². The zero-order valence-corrected chi connectivity index (χ0v) is 11.1. The highest BCUT2D eigenvalue weighted by molar-refractivity contribution is 5.55. The number of nitro benzene ring substituents is 1. The predicted octanol–water partition coefficient (Wildman–Crippen LogP) is 3.19. The summed E-state index contributed by atoms with van der Waals surface area (Å²) in [5.74, 6) is 0.335. The number of hydrogen-bond donors (Lipinski definition) is 2. The van der Waals surface area contributed by atoms with Gasteiger partial charge in [0, 0.05) is 24.4 Å². The first-order valence-corrected chi connectivity index (χ1v) is 6.56. The van der Waals surface area contributed by atoms with Crippen LogP contribution in [0.5, 0.6) is 0 Å². The van der Waals surface area contributed by atoms with Crippen molar-refractivity contribution >= 4 is 11.4 Å². The van der Waals surface area contributed by atoms with E-state index in [9.17, 15) is 23.3 Å². The number of nitrogens with one attached hydrogen (secondary N) is 1. The van der Waals surface area contributed by atoms with E-state index in [1.807, 2.05) is 0 Å². The lowest BCUT2D eigenvalue weighted by Gasteiger charge is -2.19. The summed E-state index contributed by atoms with van der Waals surface area (Å²) in [6.45, 7) is -0.0622. The van der Waals surface area contributed by atoms with Gasteiger partial charge in [0.05, 0.1) is 4.92 Å². The largest absolute Gasteiger partial charge is 0.423 e. The number of nitrogens with zero attached hydrogens (tertiary/aromatic N) is 1. The van der Waals surface area contributed by atoms with Crippen molar-refractivity contribution in [1.82, 2.24) is 0 Å². The molecule has 1 aromatic carbocycles. The van der Waals surface area contributed by atoms with Gasteiger partial charge >= 0.3 is 6.18 Å². The molecule has 1 saturated carbocycles. The van der Waals surface area contributed by atoms with E-state index in [2.05, 4.69) is 5.32 Å². The summed E-state index contributed by atoms with van der Waals surface area (Å²) >= 11 is 0. The number of nitro groups is 1. The summed E-state index contributed by atoms with van der Waals surface area (Å²) < 4.78 is 38.6. The minimum atomic E-state index is -4.79. The Bertz CT molecular complexity index is 530. The fourth-order valence-electron chi connectivity index (χ4n) is 2.29. The van der Waals surface area contributed by atoms with Crippen molar-refractivity contribution < 1.29 is 23.2 Å². The van der Waals surface area contributed by atoms with Gasteiger partial charge in [-0.2, -0.15) is 13.2 Å². The summed E-state index contributed by atoms with van der Waals surface area (Å²) in [5.41, 5.74) is -2.05. The van der Waals surface area contributed by atoms with Crippen molar-refractivity contribution in [2.75, 3.05) is 11.9 Å². The number of aliphatic hydroxyl groups excluding tert-OH is 1. The lowest BCUT2D eigenvalue weighted by molar-refractivity contribution is -0.388. The molecule has 5 nitrogen and oxygen atoms in total. The lowest BCUT2D eigenvalue weighted by atomic mass is 10.1. The molecular formula is C13H15F3N2O3. The standard InChI is InChI=1S/C13H15F3N2O3/c14-13(15,16)10-7-9(3-4-12(10)18(20)21)17-11(5-6-19)8-1-2-8/h3-4,7-8,11,17,19H,1-2,5-6H2. The van der Waals surface area contributed by atoms with Crippen LogP contribution >= 0.6 is 0 Å². The topological polar surface area (TPSA) is 75.4 Å². The second-order valence-electron chi connectivity index (χ2n) is 5.09. The minimum absolute atomic E-state index is 0.0622. The summed E-state index contributed by atoms with van der Waals surface area (Å²) in [6, 6.07) is 2.76. The van der Waals surface area contributed by atoms with Gasteiger partial charge in [0.25, 0.3) is 5.69 Å². The Kier molecular flexibility index (Phi) is 4.36. The Labute approximate surface area is 118 Å². The second-order valence-corrected chi connectivity index (χ2v) is 5.09. The van der Waals surface area contributed by atoms with Crippen LogP contribution in [-0.4, -0.2) is 22.7 Å². The molecule has 1 atom stereocenters. The smallest absolute Gasteiger partial charge is 0.396 e. The number of hydrogen-bond acceptors (Lipinski definition) is 4. The number of benzene rings is 1. The van der Waals surface area contributed by atoms with Crippen molar-refractivity contribution in [3.05, 3.63) is 33.9 Å². The SMILES string of the molecule is O=[N+]([O-])c1ccc(NC(CCO)C2CC2)cc1C(F)(F)F. The molecule has 1 fully saturated rings. The Hall–Kier alpha value is -1.83. The first-order chi connectivity index (χ1) is 9.82. The van der Waals surface area contributed by atoms with Gasteiger partial charge in [0.2, 0.25) is 0 Å². The van der Waals surface area contributed by atoms with Crippen molar-refractivity contribution in [2.24, 2.45) is 5.92 Å². The molecule has 8 heteroatoms. The van der Waals surface area contributed by atoms with Crippen molar-refractivity contribution in [1.29, 1.82) is 0 Å². The highest BCUT2D eigenvalue weighted by Crippen LogP contribution is 2.39. The highest BCUT2D eigenvalue weighted by Gasteiger charge is 2.39. The van der Waals surface area contributed by atoms with Crippen molar-refractivity contribution in [2.45, 2.75) is 31.5 Å². The summed E-state index contributed by atoms with van der Waals surface area (Å²) in [6.07, 6.45) is -2.41. The van der Waals surface area contributed by atoms with Gasteiger partial charge in [-0.1, -0.05) is 0 Å². The van der Waals surface area contributed by atoms with Gasteiger partial charge in [-0.15, -0.1) is 0 Å². The van der Waals surface area contributed by atoms with Crippen LogP contribution in [0, 0.1) is 16.0 Å². The van der Waals surface area contributed by atoms with Crippen LogP contribution in [0.1, 0.15) is 24.8 Å². The molecule has 0 aliphatic heterocycles. The van der Waals surface area contributed by atoms with Crippen LogP contribution in [0.4, 0.5) is 24.5 Å². The molecule has 0 amide bonds. The molecule has 2 rings (SSSR count). The van der Waals surface area contributed by atoms with E-state index in [-0.39, 0.29) is 18.3 Å². The number of halogens is 3. The predicted molar refractivity (Wildman–Crippen MR) is 69.9 cm³/mol. The van der Waals surface area contributed by atoms with Crippen LogP contribution < -0.4 is 5.32 Å². The molecule has 0 bridgehead atoms. The highest BCUT2D eigenvalue weighted by atomic mass is 19.4. The maximum Gasteiger partial charge on any atom is 0.423 e. The van der Waals surface area contributed by atoms with Crippen molar-refractivity contribution in [3.8, 4) is 0 Å². The van der Waals surface area contributed by atoms with Crippen LogP contribution in [-0.2, 0) is 6.18 Å². The van der Waals surface area contributed by atoms with Gasteiger partial charge in [-0.25, -0.2) is 0 Å². The van der Waals surface area contributed by atoms with Crippen LogP contribution in [0.3, 0.4) is 0 Å². The summed E-state index contributed by atoms with van der Waals surface area (Å²) in [4.78, 5) is 9.63. The molecule has 0 aromatic heterocycles. The maximum atomic E-state index is 12.9. The van der Waals surface area contributed by atoms with E-state index in [0.29, 0.717) is 12.3 Å². The summed E-state index contributed by atoms with van der Waals surface area (Å²) in [7, 11) is 0. The van der Waals surface area contributed by atoms with E-state index in [1.54, 1.807) is 0 Å². The molecule has 0 radical (unpaired) electrons. The van der Waals surface area contributed by atoms with Crippen LogP contribution in [0.25, 0.3) is 0 Å². The van der Waals surface area contributed by atoms with Crippen LogP contribution in [0.15, 0.2) is 18.2 Å². The molecular weight excluding hydrogens is 289 g/mol. The van der Waals surface area contributed by atoms with E-state index in [1.165, 1.54) is 6.07 Å². The Morgan fingerprint density at radius 1 is 1.43 bits per heavy atom. The number of rotatable bonds is 6. The van der Waals surface area contributed by atoms with Gasteiger partial charge in [0.15, 0.2) is 0 Å². The monoisotopic (exact) mass is 304 g/mol. The van der Waals surface area contributed by atoms with E-state index >= 15 is 0 Å². The number of anilines is 1. The fraction of sp³-hybridized carbons (Fsp3) is 0.538. The molecule has 1 aliphatic rings. The third kappa shape index (κ3) is 3.84. The quantitative estimate of drug-likeness (QED) is 0.625. The first kappa shape index (κ1) is 15.6. The second kappa shape index (κ2) is 5.88. The van der Waals surface area contributed by atoms with Gasteiger partial charge < -0.3 is 10.4 Å². The van der Waals surface area contributed by atoms with Crippen molar-refractivity contribution in [3.63, 3.8) is 0 Å². The maximum absolute atomic E-state index is 12.9. The number of aliphatic hydroxyl groups is 1. The lowest BCUT2D eigenvalue weighted by Crippen LogP contribution is -2.23. The molecule has 2 N–H and O–H groups in total. The van der Waals surface area contributed by atoms with Gasteiger partial charge in [0.1, 0.15) is 5.56 Å². The zero-order chi connectivity index (χ0) is 15.6. The molecule has 1 aliphatic carbocycles. The average molecular weight is 304 g/mol. The molecule has 1 unspecified atom stereocenters. The Morgan fingerprint density at radius 2 is 2.10 bits per heavy atom. The fourth-order valence-corrected chi connectivity index (χ4v) is 2.29. The molecule has 0 heterocycles. The molecule has 1 aromatic rings. The van der Waals surface area contributed by atoms with E-state index in [0.717, 1.165) is 25.0 Å². The average Bonchev–Trinajstić information content (AvgIpc) is 3.21. The molecule has 0 saturated heterocycles. The normalized spacial score (nSPS) is 16.6. The minimum Gasteiger partial charge on any atom is -0.396 e. The van der Waals surface area contributed by atoms with Gasteiger partial charge in [-0.05, 0) is 37.3 Å². The number of alkyl halides is 3. The Morgan fingerprint density at radius 3 is 2.57 bits per heavy atom. The third-order valence-corrected chi connectivity index (χ3v) is 3.48. The zero-order valence-electron chi connectivity index (χ0n) is 11.1. The molecule has 0 spiro atoms. The van der Waals surface area contributed by atoms with Crippen LogP contribution in [0.2, 0.25) is 0 Å². The first-order valence-electron chi connectivity index (χ1n) is 6.56. The summed E-state index contributed by atoms with van der Waals surface area (Å²) in [5, 5.41) is 22.6.